The van der Waals surface area contributed by atoms with Crippen LogP contribution in [0.2, 0.25) is 0 Å². The van der Waals surface area contributed by atoms with Crippen molar-refractivity contribution in [2.45, 2.75) is 59.9 Å². The number of fused-ring (bicyclic) bond motifs is 2. The van der Waals surface area contributed by atoms with Crippen molar-refractivity contribution in [2.75, 3.05) is 47.3 Å². The number of ether oxygens (including phenoxy) is 2. The van der Waals surface area contributed by atoms with Crippen LogP contribution in [-0.2, 0) is 53.3 Å². The minimum atomic E-state index is -3.28. The van der Waals surface area contributed by atoms with E-state index in [1.807, 2.05) is 40.8 Å². The molecule has 2 aliphatic rings. The van der Waals surface area contributed by atoms with Crippen molar-refractivity contribution in [2.24, 2.45) is 0 Å². The third-order valence-electron chi connectivity index (χ3n) is 7.21. The molecule has 2 aromatic rings. The lowest BCUT2D eigenvalue weighted by atomic mass is 9.85. The first-order valence-electron chi connectivity index (χ1n) is 14.6. The summed E-state index contributed by atoms with van der Waals surface area (Å²) in [5.41, 5.74) is 8.51. The number of aldehydes is 2. The number of aromatic nitrogens is 1. The minimum absolute atomic E-state index is 0.111. The Bertz CT molecular complexity index is 1520. The number of hydrogen-bond donors (Lipinski definition) is 2. The van der Waals surface area contributed by atoms with Crippen LogP contribution in [0.25, 0.3) is 16.6 Å². The first kappa shape index (κ1) is 39.5. The average Bonchev–Trinajstić information content (AvgIpc) is 3.36. The van der Waals surface area contributed by atoms with E-state index in [9.17, 15) is 22.4 Å². The molecule has 0 unspecified atom stereocenters. The number of aryl methyl sites for hydroxylation is 2. The van der Waals surface area contributed by atoms with Crippen molar-refractivity contribution >= 4 is 45.2 Å². The van der Waals surface area contributed by atoms with Gasteiger partial charge in [0.05, 0.1) is 49.4 Å². The van der Waals surface area contributed by atoms with Crippen LogP contribution in [0.4, 0.5) is 4.39 Å². The number of esters is 1. The highest BCUT2D eigenvalue weighted by atomic mass is 32.2. The molecule has 0 spiro atoms. The first-order chi connectivity index (χ1) is 21.4. The smallest absolute Gasteiger partial charge is 0.306 e. The quantitative estimate of drug-likeness (QED) is 0.234. The summed E-state index contributed by atoms with van der Waals surface area (Å²) in [4.78, 5) is 37.8. The van der Waals surface area contributed by atoms with Gasteiger partial charge >= 0.3 is 5.97 Å². The van der Waals surface area contributed by atoms with Gasteiger partial charge in [-0.3, -0.25) is 9.59 Å². The summed E-state index contributed by atoms with van der Waals surface area (Å²) in [5, 5.41) is 8.66. The van der Waals surface area contributed by atoms with E-state index in [1.54, 1.807) is 13.2 Å². The molecule has 1 aliphatic carbocycles. The second-order valence-electron chi connectivity index (χ2n) is 9.97. The highest BCUT2D eigenvalue weighted by Crippen LogP contribution is 2.41. The molecule has 13 heteroatoms. The second-order valence-corrected chi connectivity index (χ2v) is 12.0. The van der Waals surface area contributed by atoms with Gasteiger partial charge in [-0.25, -0.2) is 22.5 Å². The van der Waals surface area contributed by atoms with Gasteiger partial charge in [0.2, 0.25) is 10.0 Å². The van der Waals surface area contributed by atoms with Crippen LogP contribution >= 0.6 is 0 Å². The molecule has 0 fully saturated rings. The number of nitrogens with one attached hydrogen (secondary N) is 1. The molecule has 1 aromatic heterocycles. The van der Waals surface area contributed by atoms with Crippen LogP contribution in [0.1, 0.15) is 61.6 Å². The average molecular weight is 652 g/mol. The molecule has 1 aromatic carbocycles. The van der Waals surface area contributed by atoms with E-state index in [0.29, 0.717) is 11.9 Å². The summed E-state index contributed by atoms with van der Waals surface area (Å²) < 4.78 is 47.4. The number of aliphatic hydroxyl groups is 1. The number of halogens is 1. The van der Waals surface area contributed by atoms with Crippen molar-refractivity contribution in [3.8, 4) is 0 Å². The number of pyridine rings is 1. The van der Waals surface area contributed by atoms with Gasteiger partial charge in [0.1, 0.15) is 18.4 Å². The van der Waals surface area contributed by atoms with Crippen molar-refractivity contribution in [1.82, 2.24) is 14.6 Å². The largest absolute Gasteiger partial charge is 0.469 e. The predicted octanol–water partition coefficient (Wildman–Crippen LogP) is 3.42. The van der Waals surface area contributed by atoms with Crippen LogP contribution in [0.3, 0.4) is 0 Å². The van der Waals surface area contributed by atoms with Gasteiger partial charge in [-0.2, -0.15) is 0 Å². The molecule has 2 N–H and O–H groups in total. The lowest BCUT2D eigenvalue weighted by Gasteiger charge is -2.21. The molecular formula is C32H46FN3O8S. The van der Waals surface area contributed by atoms with E-state index >= 15 is 0 Å². The third kappa shape index (κ3) is 10.5. The maximum absolute atomic E-state index is 14.5. The van der Waals surface area contributed by atoms with Crippen LogP contribution in [0.5, 0.6) is 0 Å². The van der Waals surface area contributed by atoms with Crippen LogP contribution < -0.4 is 4.72 Å². The zero-order valence-corrected chi connectivity index (χ0v) is 28.3. The van der Waals surface area contributed by atoms with Crippen LogP contribution in [0.15, 0.2) is 23.3 Å². The van der Waals surface area contributed by atoms with Gasteiger partial charge in [-0.1, -0.05) is 13.8 Å². The third-order valence-corrected chi connectivity index (χ3v) is 8.57. The number of allylic oxidation sites excluding steroid dienone is 2. The number of hydrogen-bond acceptors (Lipinski definition) is 10. The van der Waals surface area contributed by atoms with Crippen molar-refractivity contribution in [3.05, 3.63) is 57.1 Å². The number of rotatable bonds is 9. The number of nitrogens with zero attached hydrogens (tertiary/aromatic N) is 2. The zero-order valence-electron chi connectivity index (χ0n) is 27.5. The molecule has 2 heterocycles. The van der Waals surface area contributed by atoms with Crippen molar-refractivity contribution < 1.29 is 41.8 Å². The number of carbonyl (C=O) groups excluding carboxylic acids is 3. The lowest BCUT2D eigenvalue weighted by molar-refractivity contribution is -0.140. The molecule has 1 aliphatic heterocycles. The Morgan fingerprint density at radius 3 is 2.33 bits per heavy atom. The fraction of sp³-hybridized carbons (Fsp3) is 0.500. The summed E-state index contributed by atoms with van der Waals surface area (Å²) in [5.74, 6) is -0.932. The normalized spacial score (nSPS) is 14.5. The van der Waals surface area contributed by atoms with Gasteiger partial charge in [0, 0.05) is 43.3 Å². The number of methoxy groups -OCH3 is 2. The number of sulfonamides is 1. The van der Waals surface area contributed by atoms with E-state index in [2.05, 4.69) is 14.4 Å². The predicted molar refractivity (Wildman–Crippen MR) is 173 cm³/mol. The molecule has 0 saturated carbocycles. The SMILES string of the molecule is CC.CNS(=O)(=O)CCC(=O)OC.COC/C(C=O)=C(C)/C=C1/c2nc3cc(F)c(C)c4c3c(c2CN1C)CCC4.O=CCO. The van der Waals surface area contributed by atoms with E-state index < -0.39 is 16.0 Å². The Hall–Kier alpha value is -3.52. The zero-order chi connectivity index (χ0) is 34.3. The Labute approximate surface area is 265 Å². The summed E-state index contributed by atoms with van der Waals surface area (Å²) >= 11 is 0. The molecule has 4 rings (SSSR count). The summed E-state index contributed by atoms with van der Waals surface area (Å²) in [7, 11) is 2.85. The summed E-state index contributed by atoms with van der Waals surface area (Å²) in [6, 6.07) is 1.57. The second kappa shape index (κ2) is 19.1. The van der Waals surface area contributed by atoms with Crippen LogP contribution in [-0.4, -0.2) is 89.2 Å². The number of aliphatic hydroxyl groups excluding tert-OH is 1. The molecular weight excluding hydrogens is 605 g/mol. The van der Waals surface area contributed by atoms with Crippen LogP contribution in [0, 0.1) is 12.7 Å². The molecule has 0 bridgehead atoms. The van der Waals surface area contributed by atoms with Gasteiger partial charge in [0.25, 0.3) is 0 Å². The molecule has 0 amide bonds. The monoisotopic (exact) mass is 651 g/mol. The van der Waals surface area contributed by atoms with Gasteiger partial charge in [-0.15, -0.1) is 0 Å². The van der Waals surface area contributed by atoms with E-state index in [4.69, 9.17) is 19.6 Å². The standard InChI is InChI=1S/C23H25FN2O2.C5H11NO4S.C2H4O2.C2H6/c1-13(15(11-27)12-28-4)8-21-23-18(10-26(21)3)17-7-5-6-16-14(2)19(24)9-20(25-23)22(16)17;1-6-11(8,9)4-3-5(7)10-2;3-1-2-4;1-2/h8-9,11H,5-7,10,12H2,1-4H3;6H,3-4H2,1-2H3;1,4H,2H2;1-2H3/b15-13+,21-8-;;;. The van der Waals surface area contributed by atoms with E-state index in [0.717, 1.165) is 71.1 Å². The minimum Gasteiger partial charge on any atom is -0.469 e. The molecule has 11 nitrogen and oxygen atoms in total. The number of benzene rings is 1. The lowest BCUT2D eigenvalue weighted by Crippen LogP contribution is -2.23. The van der Waals surface area contributed by atoms with Crippen molar-refractivity contribution in [3.63, 3.8) is 0 Å². The highest BCUT2D eigenvalue weighted by molar-refractivity contribution is 7.89. The number of carbonyl (C=O) groups is 3. The highest BCUT2D eigenvalue weighted by Gasteiger charge is 2.30. The van der Waals surface area contributed by atoms with E-state index in [-0.39, 0.29) is 31.2 Å². The topological polar surface area (TPSA) is 152 Å². The van der Waals surface area contributed by atoms with E-state index in [1.165, 1.54) is 25.3 Å². The van der Waals surface area contributed by atoms with Gasteiger partial charge in [-0.05, 0) is 68.5 Å². The summed E-state index contributed by atoms with van der Waals surface area (Å²) in [6.45, 7) is 8.48. The molecule has 250 valence electrons. The van der Waals surface area contributed by atoms with Crippen molar-refractivity contribution in [1.29, 1.82) is 0 Å². The fourth-order valence-corrected chi connectivity index (χ4v) is 5.54. The molecule has 0 saturated heterocycles. The van der Waals surface area contributed by atoms with Gasteiger partial charge < -0.3 is 24.3 Å². The Morgan fingerprint density at radius 1 is 1.18 bits per heavy atom. The maximum atomic E-state index is 14.5. The fourth-order valence-electron chi connectivity index (χ4n) is 4.90. The summed E-state index contributed by atoms with van der Waals surface area (Å²) in [6.07, 6.45) is 6.10. The Balaban J connectivity index is 0.000000498. The van der Waals surface area contributed by atoms with Gasteiger partial charge in [0.15, 0.2) is 0 Å². The molecule has 0 radical (unpaired) electrons. The Morgan fingerprint density at radius 2 is 1.80 bits per heavy atom. The maximum Gasteiger partial charge on any atom is 0.306 e. The molecule has 0 atom stereocenters. The Kier molecular flexibility index (Phi) is 16.8. The first-order valence-corrected chi connectivity index (χ1v) is 16.3. The molecule has 45 heavy (non-hydrogen) atoms.